The number of hydrogen-bond acceptors (Lipinski definition) is 3. The molecule has 1 aromatic rings. The minimum Gasteiger partial charge on any atom is -0.392 e. The molecule has 3 N–H and O–H groups in total. The highest BCUT2D eigenvalue weighted by Gasteiger charge is 2.35. The average Bonchev–Trinajstić information content (AvgIpc) is 3.01. The largest absolute Gasteiger partial charge is 0.392 e. The Labute approximate surface area is 161 Å². The van der Waals surface area contributed by atoms with Crippen LogP contribution in [-0.2, 0) is 6.42 Å². The van der Waals surface area contributed by atoms with E-state index in [1.165, 1.54) is 11.3 Å². The summed E-state index contributed by atoms with van der Waals surface area (Å²) in [5.41, 5.74) is -0.0750. The summed E-state index contributed by atoms with van der Waals surface area (Å²) in [6.45, 7) is 6.65. The molecule has 1 aliphatic rings. The summed E-state index contributed by atoms with van der Waals surface area (Å²) in [4.78, 5) is 6.10. The van der Waals surface area contributed by atoms with Gasteiger partial charge in [-0.05, 0) is 37.6 Å². The van der Waals surface area contributed by atoms with Crippen molar-refractivity contribution >= 4 is 41.3 Å². The number of halogens is 1. The molecule has 0 aliphatic heterocycles. The van der Waals surface area contributed by atoms with Crippen LogP contribution in [-0.4, -0.2) is 36.8 Å². The molecule has 0 aromatic carbocycles. The Morgan fingerprint density at radius 1 is 1.43 bits per heavy atom. The summed E-state index contributed by atoms with van der Waals surface area (Å²) in [6.07, 6.45) is 5.10. The first-order valence-corrected chi connectivity index (χ1v) is 9.24. The molecule has 4 nitrogen and oxygen atoms in total. The molecule has 0 radical (unpaired) electrons. The summed E-state index contributed by atoms with van der Waals surface area (Å²) in [5.74, 6) is 0.859. The van der Waals surface area contributed by atoms with Crippen LogP contribution in [0.1, 0.15) is 44.4 Å². The van der Waals surface area contributed by atoms with Crippen molar-refractivity contribution < 1.29 is 5.11 Å². The highest BCUT2D eigenvalue weighted by Crippen LogP contribution is 2.36. The number of aliphatic imine (C=N–C) groups is 1. The van der Waals surface area contributed by atoms with Crippen molar-refractivity contribution in [2.45, 2.75) is 52.1 Å². The molecule has 6 heteroatoms. The van der Waals surface area contributed by atoms with E-state index in [9.17, 15) is 5.11 Å². The van der Waals surface area contributed by atoms with Crippen molar-refractivity contribution in [3.8, 4) is 0 Å². The number of nitrogens with zero attached hydrogens (tertiary/aromatic N) is 1. The van der Waals surface area contributed by atoms with E-state index in [0.29, 0.717) is 6.54 Å². The molecule has 1 saturated carbocycles. The van der Waals surface area contributed by atoms with E-state index >= 15 is 0 Å². The minimum atomic E-state index is -0.223. The summed E-state index contributed by atoms with van der Waals surface area (Å²) in [5, 5.41) is 19.1. The fourth-order valence-electron chi connectivity index (χ4n) is 2.93. The van der Waals surface area contributed by atoms with E-state index in [1.807, 2.05) is 0 Å². The van der Waals surface area contributed by atoms with Gasteiger partial charge in [-0.1, -0.05) is 25.8 Å². The van der Waals surface area contributed by atoms with Crippen molar-refractivity contribution in [3.05, 3.63) is 22.4 Å². The zero-order chi connectivity index (χ0) is 15.8. The predicted octanol–water partition coefficient (Wildman–Crippen LogP) is 3.40. The van der Waals surface area contributed by atoms with E-state index in [4.69, 9.17) is 4.99 Å². The first kappa shape index (κ1) is 20.7. The Balaban J connectivity index is 0.00000264. The SMILES string of the molecule is CCNC(=NCC1(C)CCCCC1O)NCCc1cccs1.I. The maximum Gasteiger partial charge on any atom is 0.191 e. The minimum absolute atomic E-state index is 0. The van der Waals surface area contributed by atoms with Crippen LogP contribution in [0.15, 0.2) is 22.5 Å². The second-order valence-electron chi connectivity index (χ2n) is 6.37. The van der Waals surface area contributed by atoms with Gasteiger partial charge in [-0.3, -0.25) is 4.99 Å². The smallest absolute Gasteiger partial charge is 0.191 e. The molecule has 0 bridgehead atoms. The van der Waals surface area contributed by atoms with Crippen LogP contribution in [0.2, 0.25) is 0 Å². The summed E-state index contributed by atoms with van der Waals surface area (Å²) < 4.78 is 0. The lowest BCUT2D eigenvalue weighted by Gasteiger charge is -2.37. The molecule has 1 heterocycles. The molecule has 2 atom stereocenters. The molecular formula is C17H30IN3OS. The van der Waals surface area contributed by atoms with E-state index in [1.54, 1.807) is 11.3 Å². The van der Waals surface area contributed by atoms with Crippen LogP contribution >= 0.6 is 35.3 Å². The second kappa shape index (κ2) is 10.5. The Kier molecular flexibility index (Phi) is 9.46. The summed E-state index contributed by atoms with van der Waals surface area (Å²) in [7, 11) is 0. The van der Waals surface area contributed by atoms with E-state index in [0.717, 1.165) is 44.7 Å². The molecule has 1 aromatic heterocycles. The van der Waals surface area contributed by atoms with Gasteiger partial charge in [0.2, 0.25) is 0 Å². The second-order valence-corrected chi connectivity index (χ2v) is 7.40. The molecule has 132 valence electrons. The highest BCUT2D eigenvalue weighted by atomic mass is 127. The van der Waals surface area contributed by atoms with Crippen LogP contribution in [0, 0.1) is 5.41 Å². The number of nitrogens with one attached hydrogen (secondary N) is 2. The lowest BCUT2D eigenvalue weighted by atomic mass is 9.73. The molecule has 2 unspecified atom stereocenters. The van der Waals surface area contributed by atoms with Crippen LogP contribution < -0.4 is 10.6 Å². The zero-order valence-electron chi connectivity index (χ0n) is 14.2. The normalized spacial score (nSPS) is 24.8. The Bertz CT molecular complexity index is 466. The molecule has 0 amide bonds. The molecule has 23 heavy (non-hydrogen) atoms. The first-order chi connectivity index (χ1) is 10.6. The average molecular weight is 451 g/mol. The quantitative estimate of drug-likeness (QED) is 0.353. The van der Waals surface area contributed by atoms with Gasteiger partial charge in [0.05, 0.1) is 12.6 Å². The maximum absolute atomic E-state index is 10.3. The molecule has 0 saturated heterocycles. The van der Waals surface area contributed by atoms with Crippen LogP contribution in [0.4, 0.5) is 0 Å². The number of thiophene rings is 1. The van der Waals surface area contributed by atoms with Crippen LogP contribution in [0.25, 0.3) is 0 Å². The van der Waals surface area contributed by atoms with E-state index in [2.05, 4.69) is 42.0 Å². The standard InChI is InChI=1S/C17H29N3OS.HI/c1-3-18-16(19-11-9-14-7-6-12-22-14)20-13-17(2)10-5-4-8-15(17)21;/h6-7,12,15,21H,3-5,8-11,13H2,1-2H3,(H2,18,19,20);1H. The van der Waals surface area contributed by atoms with Crippen LogP contribution in [0.5, 0.6) is 0 Å². The number of aliphatic hydroxyl groups is 1. The predicted molar refractivity (Wildman–Crippen MR) is 110 cm³/mol. The van der Waals surface area contributed by atoms with Gasteiger partial charge in [0, 0.05) is 23.4 Å². The molecule has 0 spiro atoms. The Hall–Kier alpha value is -0.340. The van der Waals surface area contributed by atoms with Crippen molar-refractivity contribution in [1.82, 2.24) is 10.6 Å². The monoisotopic (exact) mass is 451 g/mol. The fraction of sp³-hybridized carbons (Fsp3) is 0.706. The van der Waals surface area contributed by atoms with Gasteiger partial charge in [-0.15, -0.1) is 35.3 Å². The summed E-state index contributed by atoms with van der Waals surface area (Å²) in [6, 6.07) is 4.25. The van der Waals surface area contributed by atoms with Gasteiger partial charge in [-0.25, -0.2) is 0 Å². The zero-order valence-corrected chi connectivity index (χ0v) is 17.3. The van der Waals surface area contributed by atoms with Gasteiger partial charge in [0.25, 0.3) is 0 Å². The van der Waals surface area contributed by atoms with Gasteiger partial charge in [0.15, 0.2) is 5.96 Å². The van der Waals surface area contributed by atoms with Gasteiger partial charge in [-0.2, -0.15) is 0 Å². The number of aliphatic hydroxyl groups excluding tert-OH is 1. The first-order valence-electron chi connectivity index (χ1n) is 8.36. The van der Waals surface area contributed by atoms with Gasteiger partial charge >= 0.3 is 0 Å². The molecule has 2 rings (SSSR count). The Morgan fingerprint density at radius 3 is 2.91 bits per heavy atom. The van der Waals surface area contributed by atoms with Crippen molar-refractivity contribution in [3.63, 3.8) is 0 Å². The topological polar surface area (TPSA) is 56.7 Å². The number of guanidine groups is 1. The lowest BCUT2D eigenvalue weighted by molar-refractivity contribution is 0.00716. The van der Waals surface area contributed by atoms with E-state index < -0.39 is 0 Å². The number of hydrogen-bond donors (Lipinski definition) is 3. The van der Waals surface area contributed by atoms with Gasteiger partial charge in [0.1, 0.15) is 0 Å². The number of rotatable bonds is 6. The lowest BCUT2D eigenvalue weighted by Crippen LogP contribution is -2.42. The van der Waals surface area contributed by atoms with Crippen molar-refractivity contribution in [1.29, 1.82) is 0 Å². The maximum atomic E-state index is 10.3. The Morgan fingerprint density at radius 2 is 2.26 bits per heavy atom. The summed E-state index contributed by atoms with van der Waals surface area (Å²) >= 11 is 1.79. The fourth-order valence-corrected chi connectivity index (χ4v) is 3.64. The third-order valence-electron chi connectivity index (χ3n) is 4.47. The van der Waals surface area contributed by atoms with Crippen molar-refractivity contribution in [2.75, 3.05) is 19.6 Å². The van der Waals surface area contributed by atoms with Gasteiger partial charge < -0.3 is 15.7 Å². The van der Waals surface area contributed by atoms with E-state index in [-0.39, 0.29) is 35.5 Å². The molecular weight excluding hydrogens is 421 g/mol. The van der Waals surface area contributed by atoms with Crippen molar-refractivity contribution in [2.24, 2.45) is 10.4 Å². The molecule has 1 fully saturated rings. The third kappa shape index (κ3) is 6.58. The third-order valence-corrected chi connectivity index (χ3v) is 5.40. The highest BCUT2D eigenvalue weighted by molar-refractivity contribution is 14.0. The van der Waals surface area contributed by atoms with Crippen LogP contribution in [0.3, 0.4) is 0 Å². The molecule has 1 aliphatic carbocycles.